The Kier molecular flexibility index (Phi) is 9.36. The Hall–Kier alpha value is -1.32. The van der Waals surface area contributed by atoms with E-state index >= 15 is 0 Å². The van der Waals surface area contributed by atoms with Crippen LogP contribution >= 0.6 is 0 Å². The van der Waals surface area contributed by atoms with Crippen LogP contribution in [0.5, 0.6) is 0 Å². The summed E-state index contributed by atoms with van der Waals surface area (Å²) in [7, 11) is 0. The van der Waals surface area contributed by atoms with Gasteiger partial charge in [0.2, 0.25) is 0 Å². The highest BCUT2D eigenvalue weighted by atomic mass is 16.4. The number of hydrogen-bond donors (Lipinski definition) is 0. The summed E-state index contributed by atoms with van der Waals surface area (Å²) in [5, 5.41) is 20.1. The van der Waals surface area contributed by atoms with Crippen molar-refractivity contribution in [3.8, 4) is 0 Å². The van der Waals surface area contributed by atoms with Gasteiger partial charge in [-0.25, -0.2) is 0 Å². The maximum absolute atomic E-state index is 10.1. The Morgan fingerprint density at radius 1 is 0.875 bits per heavy atom. The predicted molar refractivity (Wildman–Crippen MR) is 56.1 cm³/mol. The van der Waals surface area contributed by atoms with Crippen molar-refractivity contribution < 1.29 is 19.8 Å². The molecule has 4 heteroatoms. The number of carbonyl (C=O) groups excluding carboxylic acids is 2. The summed E-state index contributed by atoms with van der Waals surface area (Å²) in [4.78, 5) is 20.1. The summed E-state index contributed by atoms with van der Waals surface area (Å²) in [6, 6.07) is 0. The average molecular weight is 226 g/mol. The number of unbranched alkanes of at least 4 members (excludes halogenated alkanes) is 6. The molecule has 0 saturated carbocycles. The van der Waals surface area contributed by atoms with Gasteiger partial charge in [-0.05, 0) is 31.8 Å². The first-order valence-electron chi connectivity index (χ1n) is 5.70. The maximum atomic E-state index is 10.1. The van der Waals surface area contributed by atoms with Crippen molar-refractivity contribution in [1.29, 1.82) is 0 Å². The summed E-state index contributed by atoms with van der Waals surface area (Å²) in [5.41, 5.74) is 0. The lowest BCUT2D eigenvalue weighted by Gasteiger charge is -2.02. The topological polar surface area (TPSA) is 80.3 Å². The molecule has 0 heterocycles. The van der Waals surface area contributed by atoms with E-state index in [4.69, 9.17) is 0 Å². The lowest BCUT2D eigenvalue weighted by Crippen LogP contribution is -2.21. The minimum Gasteiger partial charge on any atom is -0.550 e. The summed E-state index contributed by atoms with van der Waals surface area (Å²) in [6.07, 6.45) is 9.26. The van der Waals surface area contributed by atoms with Gasteiger partial charge in [-0.2, -0.15) is 0 Å². The molecule has 0 aromatic carbocycles. The van der Waals surface area contributed by atoms with Crippen molar-refractivity contribution in [3.05, 3.63) is 12.2 Å². The van der Waals surface area contributed by atoms with Gasteiger partial charge >= 0.3 is 0 Å². The molecule has 0 saturated heterocycles. The molecule has 16 heavy (non-hydrogen) atoms. The standard InChI is InChI=1S/C12H20O4/c13-11(14)9-7-5-3-1-2-4-6-8-10-12(15)16/h7,9H,1-6,8,10H2,(H,13,14)(H,15,16)/p-2. The molecule has 0 amide bonds. The Labute approximate surface area is 96.0 Å². The van der Waals surface area contributed by atoms with Gasteiger partial charge in [-0.3, -0.25) is 0 Å². The van der Waals surface area contributed by atoms with E-state index in [0.29, 0.717) is 6.42 Å². The van der Waals surface area contributed by atoms with Gasteiger partial charge in [0.15, 0.2) is 0 Å². The average Bonchev–Trinajstić information content (AvgIpc) is 2.20. The van der Waals surface area contributed by atoms with E-state index in [1.807, 2.05) is 0 Å². The van der Waals surface area contributed by atoms with Gasteiger partial charge in [0.05, 0.1) is 5.97 Å². The Morgan fingerprint density at radius 3 is 2.00 bits per heavy atom. The van der Waals surface area contributed by atoms with Gasteiger partial charge in [-0.1, -0.05) is 31.8 Å². The van der Waals surface area contributed by atoms with Crippen molar-refractivity contribution >= 4 is 11.9 Å². The van der Waals surface area contributed by atoms with Crippen LogP contribution in [0.1, 0.15) is 51.4 Å². The molecule has 0 aliphatic carbocycles. The van der Waals surface area contributed by atoms with Gasteiger partial charge in [-0.15, -0.1) is 0 Å². The highest BCUT2D eigenvalue weighted by Crippen LogP contribution is 2.08. The van der Waals surface area contributed by atoms with E-state index in [1.165, 1.54) is 0 Å². The first-order chi connectivity index (χ1) is 7.63. The van der Waals surface area contributed by atoms with E-state index in [-0.39, 0.29) is 6.42 Å². The van der Waals surface area contributed by atoms with E-state index in [0.717, 1.165) is 44.6 Å². The molecule has 0 spiro atoms. The molecule has 0 aliphatic rings. The Morgan fingerprint density at radius 2 is 1.44 bits per heavy atom. The van der Waals surface area contributed by atoms with E-state index in [1.54, 1.807) is 6.08 Å². The molecular weight excluding hydrogens is 208 g/mol. The van der Waals surface area contributed by atoms with Crippen LogP contribution in [0.4, 0.5) is 0 Å². The summed E-state index contributed by atoms with van der Waals surface area (Å²) in [5.74, 6) is -2.13. The van der Waals surface area contributed by atoms with E-state index in [9.17, 15) is 19.8 Å². The molecule has 0 atom stereocenters. The fourth-order valence-electron chi connectivity index (χ4n) is 1.42. The van der Waals surface area contributed by atoms with Crippen LogP contribution in [0, 0.1) is 0 Å². The second kappa shape index (κ2) is 10.2. The van der Waals surface area contributed by atoms with Crippen LogP contribution in [0.25, 0.3) is 0 Å². The molecule has 0 rings (SSSR count). The fourth-order valence-corrected chi connectivity index (χ4v) is 1.42. The molecule has 0 aromatic heterocycles. The summed E-state index contributed by atoms with van der Waals surface area (Å²) < 4.78 is 0. The SMILES string of the molecule is O=C([O-])C=CCCCCCCCCC(=O)[O-]. The highest BCUT2D eigenvalue weighted by Gasteiger charge is 1.91. The zero-order valence-corrected chi connectivity index (χ0v) is 9.44. The smallest absolute Gasteiger partial charge is 0.0639 e. The fraction of sp³-hybridized carbons (Fsp3) is 0.667. The van der Waals surface area contributed by atoms with Gasteiger partial charge in [0, 0.05) is 5.97 Å². The number of rotatable bonds is 10. The third kappa shape index (κ3) is 12.7. The summed E-state index contributed by atoms with van der Waals surface area (Å²) >= 11 is 0. The highest BCUT2D eigenvalue weighted by molar-refractivity contribution is 5.77. The van der Waals surface area contributed by atoms with Gasteiger partial charge in [0.25, 0.3) is 0 Å². The molecule has 0 unspecified atom stereocenters. The number of carbonyl (C=O) groups is 2. The third-order valence-corrected chi connectivity index (χ3v) is 2.26. The number of carboxylic acids is 2. The zero-order chi connectivity index (χ0) is 12.2. The van der Waals surface area contributed by atoms with E-state index < -0.39 is 11.9 Å². The first-order valence-corrected chi connectivity index (χ1v) is 5.70. The van der Waals surface area contributed by atoms with Crippen molar-refractivity contribution in [2.45, 2.75) is 51.4 Å². The first kappa shape index (κ1) is 14.7. The summed E-state index contributed by atoms with van der Waals surface area (Å²) in [6.45, 7) is 0. The molecule has 0 N–H and O–H groups in total. The van der Waals surface area contributed by atoms with Crippen molar-refractivity contribution in [3.63, 3.8) is 0 Å². The third-order valence-electron chi connectivity index (χ3n) is 2.26. The van der Waals surface area contributed by atoms with Crippen molar-refractivity contribution in [2.24, 2.45) is 0 Å². The normalized spacial score (nSPS) is 10.8. The molecular formula is C12H18O4-2. The molecule has 92 valence electrons. The van der Waals surface area contributed by atoms with Gasteiger partial charge < -0.3 is 19.8 Å². The molecule has 0 fully saturated rings. The quantitative estimate of drug-likeness (QED) is 0.392. The van der Waals surface area contributed by atoms with Crippen molar-refractivity contribution in [1.82, 2.24) is 0 Å². The van der Waals surface area contributed by atoms with Gasteiger partial charge in [0.1, 0.15) is 0 Å². The second-order valence-corrected chi connectivity index (χ2v) is 3.75. The predicted octanol–water partition coefficient (Wildman–Crippen LogP) is 0.163. The molecule has 0 bridgehead atoms. The minimum absolute atomic E-state index is 0.147. The van der Waals surface area contributed by atoms with Crippen LogP contribution in [0.15, 0.2) is 12.2 Å². The second-order valence-electron chi connectivity index (χ2n) is 3.75. The Bertz CT molecular complexity index is 233. The van der Waals surface area contributed by atoms with Crippen LogP contribution in [0.3, 0.4) is 0 Å². The van der Waals surface area contributed by atoms with Crippen LogP contribution in [-0.2, 0) is 9.59 Å². The lowest BCUT2D eigenvalue weighted by atomic mass is 10.1. The van der Waals surface area contributed by atoms with Crippen LogP contribution in [0.2, 0.25) is 0 Å². The van der Waals surface area contributed by atoms with Crippen LogP contribution in [-0.4, -0.2) is 11.9 Å². The molecule has 0 aliphatic heterocycles. The monoisotopic (exact) mass is 226 g/mol. The van der Waals surface area contributed by atoms with E-state index in [2.05, 4.69) is 0 Å². The molecule has 0 radical (unpaired) electrons. The number of carboxylic acid groups (broad SMARTS) is 2. The number of hydrogen-bond acceptors (Lipinski definition) is 4. The number of allylic oxidation sites excluding steroid dienone is 1. The van der Waals surface area contributed by atoms with Crippen LogP contribution < -0.4 is 10.2 Å². The zero-order valence-electron chi connectivity index (χ0n) is 9.44. The maximum Gasteiger partial charge on any atom is 0.0639 e. The molecule has 0 aromatic rings. The largest absolute Gasteiger partial charge is 0.550 e. The number of aliphatic carboxylic acids is 2. The minimum atomic E-state index is -1.15. The Balaban J connectivity index is 3.10. The lowest BCUT2D eigenvalue weighted by molar-refractivity contribution is -0.306. The van der Waals surface area contributed by atoms with Crippen molar-refractivity contribution in [2.75, 3.05) is 0 Å². The molecule has 4 nitrogen and oxygen atoms in total.